The second-order valence-corrected chi connectivity index (χ2v) is 4.49. The van der Waals surface area contributed by atoms with Gasteiger partial charge in [-0.25, -0.2) is 0 Å². The maximum Gasteiger partial charge on any atom is 0.142 e. The Morgan fingerprint density at radius 3 is 2.75 bits per heavy atom. The molecule has 0 aromatic heterocycles. The highest BCUT2D eigenvalue weighted by molar-refractivity contribution is 5.56. The number of rotatable bonds is 6. The zero-order valence-electron chi connectivity index (χ0n) is 9.83. The van der Waals surface area contributed by atoms with Gasteiger partial charge in [-0.05, 0) is 43.9 Å². The van der Waals surface area contributed by atoms with Gasteiger partial charge in [-0.1, -0.05) is 12.1 Å². The number of ether oxygens (including phenoxy) is 1. The van der Waals surface area contributed by atoms with Crippen LogP contribution in [0.5, 0.6) is 5.75 Å². The third-order valence-electron chi connectivity index (χ3n) is 3.23. The summed E-state index contributed by atoms with van der Waals surface area (Å²) in [6.45, 7) is 4.42. The van der Waals surface area contributed by atoms with Crippen molar-refractivity contribution in [1.29, 1.82) is 0 Å². The van der Waals surface area contributed by atoms with Crippen LogP contribution in [0.4, 0.5) is 5.69 Å². The van der Waals surface area contributed by atoms with E-state index in [0.717, 1.165) is 24.5 Å². The summed E-state index contributed by atoms with van der Waals surface area (Å²) in [6.07, 6.45) is 2.49. The number of nitrogens with two attached hydrogens (primary N) is 1. The lowest BCUT2D eigenvalue weighted by atomic mass is 10.1. The van der Waals surface area contributed by atoms with Crippen LogP contribution >= 0.6 is 0 Å². The molecule has 0 spiro atoms. The third kappa shape index (κ3) is 2.47. The Balaban J connectivity index is 1.97. The Morgan fingerprint density at radius 1 is 1.38 bits per heavy atom. The van der Waals surface area contributed by atoms with E-state index in [4.69, 9.17) is 10.5 Å². The van der Waals surface area contributed by atoms with Gasteiger partial charge >= 0.3 is 0 Å². The first-order chi connectivity index (χ1) is 7.79. The first-order valence-electron chi connectivity index (χ1n) is 5.95. The van der Waals surface area contributed by atoms with Gasteiger partial charge in [-0.15, -0.1) is 0 Å². The Bertz CT molecular complexity index is 348. The van der Waals surface area contributed by atoms with Gasteiger partial charge in [0.1, 0.15) is 5.75 Å². The minimum absolute atomic E-state index is 0.347. The van der Waals surface area contributed by atoms with Gasteiger partial charge < -0.3 is 15.8 Å². The van der Waals surface area contributed by atoms with E-state index in [-0.39, 0.29) is 0 Å². The van der Waals surface area contributed by atoms with Crippen molar-refractivity contribution >= 4 is 5.69 Å². The van der Waals surface area contributed by atoms with Gasteiger partial charge in [0, 0.05) is 6.54 Å². The highest BCUT2D eigenvalue weighted by Crippen LogP contribution is 2.44. The summed E-state index contributed by atoms with van der Waals surface area (Å²) < 4.78 is 5.56. The normalized spacial score (nSPS) is 16.9. The van der Waals surface area contributed by atoms with E-state index in [9.17, 15) is 0 Å². The number of benzene rings is 1. The molecule has 0 radical (unpaired) electrons. The van der Waals surface area contributed by atoms with Crippen LogP contribution in [-0.2, 0) is 0 Å². The van der Waals surface area contributed by atoms with Gasteiger partial charge in [0.15, 0.2) is 0 Å². The zero-order valence-corrected chi connectivity index (χ0v) is 9.83. The molecule has 1 saturated carbocycles. The molecule has 3 N–H and O–H groups in total. The third-order valence-corrected chi connectivity index (χ3v) is 3.23. The van der Waals surface area contributed by atoms with Crippen LogP contribution in [0.25, 0.3) is 0 Å². The largest absolute Gasteiger partial charge is 0.492 e. The second-order valence-electron chi connectivity index (χ2n) is 4.49. The van der Waals surface area contributed by atoms with Crippen LogP contribution in [0, 0.1) is 5.41 Å². The molecule has 0 unspecified atom stereocenters. The highest BCUT2D eigenvalue weighted by atomic mass is 16.5. The first-order valence-corrected chi connectivity index (χ1v) is 5.95. The van der Waals surface area contributed by atoms with Crippen LogP contribution < -0.4 is 15.8 Å². The van der Waals surface area contributed by atoms with Crippen molar-refractivity contribution in [2.24, 2.45) is 11.1 Å². The predicted molar refractivity (Wildman–Crippen MR) is 66.8 cm³/mol. The van der Waals surface area contributed by atoms with Crippen molar-refractivity contribution in [2.75, 3.05) is 25.0 Å². The molecule has 16 heavy (non-hydrogen) atoms. The quantitative estimate of drug-likeness (QED) is 0.773. The van der Waals surface area contributed by atoms with Crippen LogP contribution in [-0.4, -0.2) is 19.7 Å². The molecule has 0 heterocycles. The standard InChI is InChI=1S/C13H20N2O/c1-2-16-12-6-4-3-5-11(12)15-10-13(9-14)7-8-13/h3-6,15H,2,7-10,14H2,1H3. The van der Waals surface area contributed by atoms with Crippen molar-refractivity contribution in [1.82, 2.24) is 0 Å². The molecule has 1 fully saturated rings. The first kappa shape index (κ1) is 11.3. The fourth-order valence-electron chi connectivity index (χ4n) is 1.81. The summed E-state index contributed by atoms with van der Waals surface area (Å²) in [5.41, 5.74) is 7.18. The molecule has 3 nitrogen and oxygen atoms in total. The lowest BCUT2D eigenvalue weighted by Crippen LogP contribution is -2.24. The molecule has 1 aliphatic rings. The predicted octanol–water partition coefficient (Wildman–Crippen LogP) is 2.24. The fourth-order valence-corrected chi connectivity index (χ4v) is 1.81. The number of para-hydroxylation sites is 2. The molecule has 1 aromatic carbocycles. The summed E-state index contributed by atoms with van der Waals surface area (Å²) in [4.78, 5) is 0. The fraction of sp³-hybridized carbons (Fsp3) is 0.538. The second kappa shape index (κ2) is 4.74. The topological polar surface area (TPSA) is 47.3 Å². The van der Waals surface area contributed by atoms with Crippen molar-refractivity contribution in [3.8, 4) is 5.75 Å². The van der Waals surface area contributed by atoms with Crippen molar-refractivity contribution in [3.05, 3.63) is 24.3 Å². The number of hydrogen-bond acceptors (Lipinski definition) is 3. The minimum atomic E-state index is 0.347. The van der Waals surface area contributed by atoms with E-state index in [1.54, 1.807) is 0 Å². The van der Waals surface area contributed by atoms with E-state index < -0.39 is 0 Å². The smallest absolute Gasteiger partial charge is 0.142 e. The van der Waals surface area contributed by atoms with E-state index in [1.807, 2.05) is 25.1 Å². The summed E-state index contributed by atoms with van der Waals surface area (Å²) >= 11 is 0. The number of nitrogens with one attached hydrogen (secondary N) is 1. The molecule has 1 aliphatic carbocycles. The highest BCUT2D eigenvalue weighted by Gasteiger charge is 2.40. The summed E-state index contributed by atoms with van der Waals surface area (Å²) in [6, 6.07) is 8.06. The molecular formula is C13H20N2O. The minimum Gasteiger partial charge on any atom is -0.492 e. The molecule has 2 rings (SSSR count). The van der Waals surface area contributed by atoms with Crippen molar-refractivity contribution < 1.29 is 4.74 Å². The lowest BCUT2D eigenvalue weighted by molar-refractivity contribution is 0.341. The SMILES string of the molecule is CCOc1ccccc1NCC1(CN)CC1. The van der Waals surface area contributed by atoms with Crippen molar-refractivity contribution in [2.45, 2.75) is 19.8 Å². The average Bonchev–Trinajstić information content (AvgIpc) is 3.09. The number of anilines is 1. The summed E-state index contributed by atoms with van der Waals surface area (Å²) in [5, 5.41) is 3.45. The van der Waals surface area contributed by atoms with E-state index >= 15 is 0 Å². The summed E-state index contributed by atoms with van der Waals surface area (Å²) in [5.74, 6) is 0.929. The van der Waals surface area contributed by atoms with E-state index in [0.29, 0.717) is 12.0 Å². The average molecular weight is 220 g/mol. The van der Waals surface area contributed by atoms with E-state index in [1.165, 1.54) is 12.8 Å². The van der Waals surface area contributed by atoms with Crippen LogP contribution in [0.3, 0.4) is 0 Å². The molecule has 0 aliphatic heterocycles. The van der Waals surface area contributed by atoms with Crippen LogP contribution in [0.1, 0.15) is 19.8 Å². The molecule has 0 saturated heterocycles. The zero-order chi connectivity index (χ0) is 11.4. The van der Waals surface area contributed by atoms with Gasteiger partial charge in [-0.3, -0.25) is 0 Å². The van der Waals surface area contributed by atoms with Gasteiger partial charge in [0.2, 0.25) is 0 Å². The van der Waals surface area contributed by atoms with E-state index in [2.05, 4.69) is 11.4 Å². The Kier molecular flexibility index (Phi) is 3.34. The van der Waals surface area contributed by atoms with Crippen LogP contribution in [0.2, 0.25) is 0 Å². The molecule has 88 valence electrons. The monoisotopic (exact) mass is 220 g/mol. The van der Waals surface area contributed by atoms with Gasteiger partial charge in [-0.2, -0.15) is 0 Å². The maximum absolute atomic E-state index is 5.76. The molecule has 1 aromatic rings. The molecule has 0 amide bonds. The number of hydrogen-bond donors (Lipinski definition) is 2. The van der Waals surface area contributed by atoms with Gasteiger partial charge in [0.05, 0.1) is 12.3 Å². The van der Waals surface area contributed by atoms with Crippen LogP contribution in [0.15, 0.2) is 24.3 Å². The summed E-state index contributed by atoms with van der Waals surface area (Å²) in [7, 11) is 0. The maximum atomic E-state index is 5.76. The molecule has 3 heteroatoms. The molecular weight excluding hydrogens is 200 g/mol. The molecule has 0 bridgehead atoms. The van der Waals surface area contributed by atoms with Crippen molar-refractivity contribution in [3.63, 3.8) is 0 Å². The molecule has 0 atom stereocenters. The Labute approximate surface area is 97.0 Å². The lowest BCUT2D eigenvalue weighted by Gasteiger charge is -2.16. The van der Waals surface area contributed by atoms with Gasteiger partial charge in [0.25, 0.3) is 0 Å². The Hall–Kier alpha value is -1.22. The Morgan fingerprint density at radius 2 is 2.12 bits per heavy atom.